The number of para-hydroxylation sites is 1. The van der Waals surface area contributed by atoms with E-state index >= 15 is 0 Å². The van der Waals surface area contributed by atoms with Crippen molar-refractivity contribution in [2.45, 2.75) is 13.0 Å². The molecule has 2 N–H and O–H groups in total. The highest BCUT2D eigenvalue weighted by molar-refractivity contribution is 5.97. The van der Waals surface area contributed by atoms with Gasteiger partial charge in [-0.15, -0.1) is 0 Å². The topological polar surface area (TPSA) is 55.8 Å². The lowest BCUT2D eigenvalue weighted by atomic mass is 10.0. The van der Waals surface area contributed by atoms with E-state index in [0.29, 0.717) is 11.6 Å². The largest absolute Gasteiger partial charge is 0.507 e. The van der Waals surface area contributed by atoms with Gasteiger partial charge in [-0.25, -0.2) is 0 Å². The van der Waals surface area contributed by atoms with E-state index in [0.717, 1.165) is 44.8 Å². The maximum atomic E-state index is 12.4. The highest BCUT2D eigenvalue weighted by atomic mass is 16.3. The Labute approximate surface area is 119 Å². The minimum Gasteiger partial charge on any atom is -0.507 e. The molecule has 1 amide bonds. The molecule has 0 saturated carbocycles. The van der Waals surface area contributed by atoms with Crippen molar-refractivity contribution in [3.05, 3.63) is 29.3 Å². The summed E-state index contributed by atoms with van der Waals surface area (Å²) in [5.41, 5.74) is 1.17. The molecule has 20 heavy (non-hydrogen) atoms. The van der Waals surface area contributed by atoms with E-state index < -0.39 is 0 Å². The summed E-state index contributed by atoms with van der Waals surface area (Å²) in [6.07, 6.45) is 0. The first-order valence-corrected chi connectivity index (χ1v) is 7.19. The van der Waals surface area contributed by atoms with Crippen molar-refractivity contribution >= 4 is 5.91 Å². The van der Waals surface area contributed by atoms with Crippen molar-refractivity contribution in [1.82, 2.24) is 15.1 Å². The molecule has 2 heterocycles. The minimum absolute atomic E-state index is 0.0578. The Morgan fingerprint density at radius 1 is 1.30 bits per heavy atom. The number of likely N-dealkylation sites (tertiary alicyclic amines) is 1. The molecule has 2 fully saturated rings. The van der Waals surface area contributed by atoms with Gasteiger partial charge in [0.15, 0.2) is 0 Å². The summed E-state index contributed by atoms with van der Waals surface area (Å²) in [6.45, 7) is 7.53. The fourth-order valence-electron chi connectivity index (χ4n) is 2.90. The number of phenols is 1. The number of hydrogen-bond donors (Lipinski definition) is 2. The van der Waals surface area contributed by atoms with E-state index in [1.165, 1.54) is 0 Å². The molecule has 1 aromatic carbocycles. The molecule has 108 valence electrons. The minimum atomic E-state index is -0.0578. The predicted octanol–water partition coefficient (Wildman–Crippen LogP) is 0.430. The van der Waals surface area contributed by atoms with Crippen LogP contribution in [0.3, 0.4) is 0 Å². The van der Waals surface area contributed by atoms with Crippen LogP contribution in [0.15, 0.2) is 18.2 Å². The molecule has 0 unspecified atom stereocenters. The zero-order valence-corrected chi connectivity index (χ0v) is 11.8. The summed E-state index contributed by atoms with van der Waals surface area (Å²) < 4.78 is 0. The normalized spacial score (nSPS) is 20.8. The average Bonchev–Trinajstić information content (AvgIpc) is 2.41. The molecule has 0 aliphatic carbocycles. The molecule has 0 aromatic heterocycles. The second-order valence-electron chi connectivity index (χ2n) is 5.62. The monoisotopic (exact) mass is 275 g/mol. The number of benzene rings is 1. The van der Waals surface area contributed by atoms with Crippen molar-refractivity contribution in [1.29, 1.82) is 0 Å². The first-order chi connectivity index (χ1) is 9.66. The molecule has 2 saturated heterocycles. The second kappa shape index (κ2) is 5.42. The molecule has 3 rings (SSSR count). The van der Waals surface area contributed by atoms with Gasteiger partial charge in [0.1, 0.15) is 5.75 Å². The third-order valence-electron chi connectivity index (χ3n) is 4.29. The second-order valence-corrected chi connectivity index (χ2v) is 5.62. The van der Waals surface area contributed by atoms with Gasteiger partial charge >= 0.3 is 0 Å². The molecule has 0 atom stereocenters. The summed E-state index contributed by atoms with van der Waals surface area (Å²) in [6, 6.07) is 5.80. The smallest absolute Gasteiger partial charge is 0.257 e. The number of nitrogens with zero attached hydrogens (tertiary/aromatic N) is 2. The standard InChI is InChI=1S/C15H21N3O2/c1-11-3-2-4-13(14(11)19)15(20)18-9-12(10-18)17-7-5-16-6-8-17/h2-4,12,16,19H,5-10H2,1H3. The van der Waals surface area contributed by atoms with E-state index in [4.69, 9.17) is 0 Å². The SMILES string of the molecule is Cc1cccc(C(=O)N2CC(N3CCNCC3)C2)c1O. The maximum Gasteiger partial charge on any atom is 0.257 e. The van der Waals surface area contributed by atoms with E-state index in [2.05, 4.69) is 10.2 Å². The quantitative estimate of drug-likeness (QED) is 0.822. The highest BCUT2D eigenvalue weighted by Crippen LogP contribution is 2.25. The number of aromatic hydroxyl groups is 1. The average molecular weight is 275 g/mol. The molecule has 1 aromatic rings. The number of rotatable bonds is 2. The number of hydrogen-bond acceptors (Lipinski definition) is 4. The van der Waals surface area contributed by atoms with Crippen LogP contribution in [0.4, 0.5) is 0 Å². The van der Waals surface area contributed by atoms with Gasteiger partial charge in [-0.05, 0) is 18.6 Å². The summed E-state index contributed by atoms with van der Waals surface area (Å²) in [5, 5.41) is 13.3. The lowest BCUT2D eigenvalue weighted by Crippen LogP contribution is -2.63. The molecule has 2 aliphatic heterocycles. The number of aryl methyl sites for hydroxylation is 1. The molecule has 2 aliphatic rings. The van der Waals surface area contributed by atoms with Gasteiger partial charge < -0.3 is 15.3 Å². The fourth-order valence-corrected chi connectivity index (χ4v) is 2.90. The Balaban J connectivity index is 1.61. The Bertz CT molecular complexity index is 506. The Morgan fingerprint density at radius 3 is 2.70 bits per heavy atom. The van der Waals surface area contributed by atoms with Gasteiger partial charge in [0.05, 0.1) is 5.56 Å². The lowest BCUT2D eigenvalue weighted by molar-refractivity contribution is 0.0225. The van der Waals surface area contributed by atoms with E-state index in [1.54, 1.807) is 6.07 Å². The van der Waals surface area contributed by atoms with Crippen LogP contribution in [0.5, 0.6) is 5.75 Å². The van der Waals surface area contributed by atoms with Crippen LogP contribution in [0.1, 0.15) is 15.9 Å². The van der Waals surface area contributed by atoms with Crippen molar-refractivity contribution in [2.24, 2.45) is 0 Å². The van der Waals surface area contributed by atoms with Crippen molar-refractivity contribution in [2.75, 3.05) is 39.3 Å². The number of carbonyl (C=O) groups excluding carboxylic acids is 1. The van der Waals surface area contributed by atoms with Crippen LogP contribution in [0.2, 0.25) is 0 Å². The molecular weight excluding hydrogens is 254 g/mol. The van der Waals surface area contributed by atoms with E-state index in [9.17, 15) is 9.90 Å². The Hall–Kier alpha value is -1.59. The summed E-state index contributed by atoms with van der Waals surface area (Å²) >= 11 is 0. The van der Waals surface area contributed by atoms with Crippen LogP contribution in [0.25, 0.3) is 0 Å². The summed E-state index contributed by atoms with van der Waals surface area (Å²) in [7, 11) is 0. The Kier molecular flexibility index (Phi) is 3.63. The van der Waals surface area contributed by atoms with Crippen molar-refractivity contribution in [3.8, 4) is 5.75 Å². The molecule has 0 bridgehead atoms. The zero-order valence-electron chi connectivity index (χ0n) is 11.8. The van der Waals surface area contributed by atoms with Gasteiger partial charge in [-0.3, -0.25) is 9.69 Å². The molecular formula is C15H21N3O2. The van der Waals surface area contributed by atoms with Gasteiger partial charge in [0.2, 0.25) is 0 Å². The van der Waals surface area contributed by atoms with Crippen LogP contribution in [-0.4, -0.2) is 66.1 Å². The summed E-state index contributed by atoms with van der Waals surface area (Å²) in [5.74, 6) is 0.0562. The van der Waals surface area contributed by atoms with Crippen LogP contribution in [-0.2, 0) is 0 Å². The first-order valence-electron chi connectivity index (χ1n) is 7.19. The number of nitrogens with one attached hydrogen (secondary N) is 1. The van der Waals surface area contributed by atoms with Gasteiger partial charge in [0, 0.05) is 45.3 Å². The van der Waals surface area contributed by atoms with E-state index in [1.807, 2.05) is 24.0 Å². The van der Waals surface area contributed by atoms with Crippen LogP contribution < -0.4 is 5.32 Å². The maximum absolute atomic E-state index is 12.4. The van der Waals surface area contributed by atoms with Gasteiger partial charge in [-0.2, -0.15) is 0 Å². The molecule has 5 nitrogen and oxygen atoms in total. The zero-order chi connectivity index (χ0) is 14.1. The predicted molar refractivity (Wildman–Crippen MR) is 77.0 cm³/mol. The molecule has 0 spiro atoms. The van der Waals surface area contributed by atoms with Crippen molar-refractivity contribution < 1.29 is 9.90 Å². The molecule has 0 radical (unpaired) electrons. The third-order valence-corrected chi connectivity index (χ3v) is 4.29. The van der Waals surface area contributed by atoms with Crippen LogP contribution >= 0.6 is 0 Å². The van der Waals surface area contributed by atoms with E-state index in [-0.39, 0.29) is 11.7 Å². The fraction of sp³-hybridized carbons (Fsp3) is 0.533. The van der Waals surface area contributed by atoms with Crippen LogP contribution in [0, 0.1) is 6.92 Å². The number of piperazine rings is 1. The number of carbonyl (C=O) groups is 1. The van der Waals surface area contributed by atoms with Gasteiger partial charge in [0.25, 0.3) is 5.91 Å². The summed E-state index contributed by atoms with van der Waals surface area (Å²) in [4.78, 5) is 16.6. The molecule has 5 heteroatoms. The highest BCUT2D eigenvalue weighted by Gasteiger charge is 2.36. The third kappa shape index (κ3) is 2.39. The lowest BCUT2D eigenvalue weighted by Gasteiger charge is -2.46. The van der Waals surface area contributed by atoms with Gasteiger partial charge in [-0.1, -0.05) is 12.1 Å². The first kappa shape index (κ1) is 13.4. The Morgan fingerprint density at radius 2 is 2.00 bits per heavy atom. The number of phenolic OH excluding ortho intramolecular Hbond substituents is 1. The van der Waals surface area contributed by atoms with Crippen molar-refractivity contribution in [3.63, 3.8) is 0 Å². The number of amides is 1.